The molecule has 0 saturated carbocycles. The van der Waals surface area contributed by atoms with Gasteiger partial charge in [-0.15, -0.1) is 0 Å². The number of hydrogen-bond acceptors (Lipinski definition) is 5. The quantitative estimate of drug-likeness (QED) is 0.689. The lowest BCUT2D eigenvalue weighted by atomic mass is 10.1. The standard InChI is InChI=1S/C17H13FN2O3/c1-11-15(10-22-17(21)14-4-2-3-9-19-14)20-23-16(11)12-5-7-13(18)8-6-12/h2-9H,10H2,1H3. The average molecular weight is 312 g/mol. The highest BCUT2D eigenvalue weighted by Gasteiger charge is 2.16. The van der Waals surface area contributed by atoms with Crippen LogP contribution in [-0.4, -0.2) is 16.1 Å². The van der Waals surface area contributed by atoms with Crippen molar-refractivity contribution < 1.29 is 18.4 Å². The second-order valence-electron chi connectivity index (χ2n) is 4.88. The minimum atomic E-state index is -0.531. The Balaban J connectivity index is 1.72. The highest BCUT2D eigenvalue weighted by atomic mass is 19.1. The molecular formula is C17H13FN2O3. The molecule has 0 aliphatic carbocycles. The number of hydrogen-bond donors (Lipinski definition) is 0. The minimum absolute atomic E-state index is 0.0219. The van der Waals surface area contributed by atoms with Crippen LogP contribution in [0.25, 0.3) is 11.3 Å². The number of carbonyl (C=O) groups excluding carboxylic acids is 1. The number of aromatic nitrogens is 2. The molecule has 3 aromatic rings. The molecule has 0 fully saturated rings. The van der Waals surface area contributed by atoms with Gasteiger partial charge < -0.3 is 9.26 Å². The van der Waals surface area contributed by atoms with E-state index in [2.05, 4.69) is 10.1 Å². The molecule has 2 heterocycles. The highest BCUT2D eigenvalue weighted by molar-refractivity contribution is 5.87. The van der Waals surface area contributed by atoms with Gasteiger partial charge in [0.2, 0.25) is 0 Å². The molecule has 0 bridgehead atoms. The number of nitrogens with zero attached hydrogens (tertiary/aromatic N) is 2. The normalized spacial score (nSPS) is 10.5. The molecule has 0 spiro atoms. The minimum Gasteiger partial charge on any atom is -0.454 e. The van der Waals surface area contributed by atoms with Crippen LogP contribution in [-0.2, 0) is 11.3 Å². The van der Waals surface area contributed by atoms with E-state index in [0.29, 0.717) is 17.0 Å². The molecule has 1 aromatic carbocycles. The van der Waals surface area contributed by atoms with E-state index in [0.717, 1.165) is 5.56 Å². The zero-order valence-electron chi connectivity index (χ0n) is 12.3. The number of rotatable bonds is 4. The third-order valence-corrected chi connectivity index (χ3v) is 3.34. The molecule has 2 aromatic heterocycles. The van der Waals surface area contributed by atoms with Crippen LogP contribution in [0.3, 0.4) is 0 Å². The summed E-state index contributed by atoms with van der Waals surface area (Å²) in [5.74, 6) is -0.333. The van der Waals surface area contributed by atoms with Crippen LogP contribution >= 0.6 is 0 Å². The van der Waals surface area contributed by atoms with E-state index >= 15 is 0 Å². The van der Waals surface area contributed by atoms with Crippen LogP contribution in [0.4, 0.5) is 4.39 Å². The van der Waals surface area contributed by atoms with E-state index in [4.69, 9.17) is 9.26 Å². The summed E-state index contributed by atoms with van der Waals surface area (Å²) in [5, 5.41) is 3.91. The molecule has 6 heteroatoms. The van der Waals surface area contributed by atoms with Gasteiger partial charge in [0.1, 0.15) is 23.8 Å². The van der Waals surface area contributed by atoms with E-state index in [1.54, 1.807) is 37.3 Å². The van der Waals surface area contributed by atoms with E-state index < -0.39 is 5.97 Å². The Morgan fingerprint density at radius 2 is 2.00 bits per heavy atom. The van der Waals surface area contributed by atoms with Gasteiger partial charge in [-0.1, -0.05) is 11.2 Å². The first-order valence-electron chi connectivity index (χ1n) is 6.94. The van der Waals surface area contributed by atoms with Crippen molar-refractivity contribution in [2.45, 2.75) is 13.5 Å². The number of halogens is 1. The molecule has 116 valence electrons. The molecule has 5 nitrogen and oxygen atoms in total. The number of ether oxygens (including phenoxy) is 1. The highest BCUT2D eigenvalue weighted by Crippen LogP contribution is 2.26. The van der Waals surface area contributed by atoms with E-state index in [9.17, 15) is 9.18 Å². The Morgan fingerprint density at radius 1 is 1.22 bits per heavy atom. The summed E-state index contributed by atoms with van der Waals surface area (Å²) < 4.78 is 23.4. The van der Waals surface area contributed by atoms with Crippen molar-refractivity contribution in [3.05, 3.63) is 71.4 Å². The lowest BCUT2D eigenvalue weighted by molar-refractivity contribution is 0.0457. The number of pyridine rings is 1. The molecule has 0 saturated heterocycles. The number of carbonyl (C=O) groups is 1. The molecule has 0 N–H and O–H groups in total. The Hall–Kier alpha value is -3.02. The summed E-state index contributed by atoms with van der Waals surface area (Å²) in [7, 11) is 0. The number of esters is 1. The fourth-order valence-electron chi connectivity index (χ4n) is 2.07. The van der Waals surface area contributed by atoms with E-state index in [1.165, 1.54) is 18.3 Å². The van der Waals surface area contributed by atoms with Gasteiger partial charge in [0.15, 0.2) is 5.76 Å². The van der Waals surface area contributed by atoms with Gasteiger partial charge in [-0.05, 0) is 43.3 Å². The molecule has 0 amide bonds. The maximum absolute atomic E-state index is 13.0. The van der Waals surface area contributed by atoms with Crippen LogP contribution in [0, 0.1) is 12.7 Å². The second kappa shape index (κ2) is 6.39. The predicted octanol–water partition coefficient (Wildman–Crippen LogP) is 3.54. The molecule has 0 radical (unpaired) electrons. The largest absolute Gasteiger partial charge is 0.454 e. The molecule has 3 rings (SSSR count). The Kier molecular flexibility index (Phi) is 4.14. The fraction of sp³-hybridized carbons (Fsp3) is 0.118. The van der Waals surface area contributed by atoms with Crippen molar-refractivity contribution in [1.29, 1.82) is 0 Å². The van der Waals surface area contributed by atoms with Gasteiger partial charge in [-0.2, -0.15) is 0 Å². The van der Waals surface area contributed by atoms with Crippen molar-refractivity contribution >= 4 is 5.97 Å². The lowest BCUT2D eigenvalue weighted by Gasteiger charge is -2.02. The SMILES string of the molecule is Cc1c(COC(=O)c2ccccn2)noc1-c1ccc(F)cc1. The van der Waals surface area contributed by atoms with Crippen molar-refractivity contribution in [3.8, 4) is 11.3 Å². The second-order valence-corrected chi connectivity index (χ2v) is 4.88. The van der Waals surface area contributed by atoms with Crippen LogP contribution in [0.5, 0.6) is 0 Å². The van der Waals surface area contributed by atoms with Crippen molar-refractivity contribution in [2.75, 3.05) is 0 Å². The van der Waals surface area contributed by atoms with Crippen molar-refractivity contribution in [1.82, 2.24) is 10.1 Å². The smallest absolute Gasteiger partial charge is 0.357 e. The topological polar surface area (TPSA) is 65.2 Å². The summed E-state index contributed by atoms with van der Waals surface area (Å²) in [6, 6.07) is 10.9. The first-order chi connectivity index (χ1) is 11.1. The molecular weight excluding hydrogens is 299 g/mol. The van der Waals surface area contributed by atoms with Crippen molar-refractivity contribution in [2.24, 2.45) is 0 Å². The van der Waals surface area contributed by atoms with Crippen LogP contribution < -0.4 is 0 Å². The summed E-state index contributed by atoms with van der Waals surface area (Å²) in [6.07, 6.45) is 1.52. The maximum atomic E-state index is 13.0. The number of benzene rings is 1. The summed E-state index contributed by atoms with van der Waals surface area (Å²) in [6.45, 7) is 1.78. The van der Waals surface area contributed by atoms with Gasteiger partial charge in [-0.25, -0.2) is 14.2 Å². The molecule has 0 unspecified atom stereocenters. The third kappa shape index (κ3) is 3.26. The van der Waals surface area contributed by atoms with Gasteiger partial charge in [0, 0.05) is 17.3 Å². The van der Waals surface area contributed by atoms with Gasteiger partial charge in [-0.3, -0.25) is 0 Å². The fourth-order valence-corrected chi connectivity index (χ4v) is 2.07. The van der Waals surface area contributed by atoms with Crippen LogP contribution in [0.1, 0.15) is 21.7 Å². The van der Waals surface area contributed by atoms with Gasteiger partial charge >= 0.3 is 5.97 Å². The first kappa shape index (κ1) is 14.9. The van der Waals surface area contributed by atoms with E-state index in [-0.39, 0.29) is 18.1 Å². The third-order valence-electron chi connectivity index (χ3n) is 3.34. The zero-order valence-corrected chi connectivity index (χ0v) is 12.3. The van der Waals surface area contributed by atoms with Crippen LogP contribution in [0.15, 0.2) is 53.2 Å². The average Bonchev–Trinajstić information content (AvgIpc) is 2.95. The summed E-state index contributed by atoms with van der Waals surface area (Å²) in [5.41, 5.74) is 2.19. The maximum Gasteiger partial charge on any atom is 0.357 e. The monoisotopic (exact) mass is 312 g/mol. The van der Waals surface area contributed by atoms with Crippen LogP contribution in [0.2, 0.25) is 0 Å². The van der Waals surface area contributed by atoms with Gasteiger partial charge in [0.25, 0.3) is 0 Å². The molecule has 23 heavy (non-hydrogen) atoms. The predicted molar refractivity (Wildman–Crippen MR) is 80.0 cm³/mol. The summed E-state index contributed by atoms with van der Waals surface area (Å²) >= 11 is 0. The summed E-state index contributed by atoms with van der Waals surface area (Å²) in [4.78, 5) is 15.8. The van der Waals surface area contributed by atoms with E-state index in [1.807, 2.05) is 0 Å². The molecule has 0 atom stereocenters. The molecule has 0 aliphatic heterocycles. The Morgan fingerprint density at radius 3 is 2.70 bits per heavy atom. The first-order valence-corrected chi connectivity index (χ1v) is 6.94. The zero-order chi connectivity index (χ0) is 16.2. The lowest BCUT2D eigenvalue weighted by Crippen LogP contribution is -2.07. The molecule has 0 aliphatic rings. The Labute approximate surface area is 131 Å². The van der Waals surface area contributed by atoms with Gasteiger partial charge in [0.05, 0.1) is 0 Å². The Bertz CT molecular complexity index is 814. The van der Waals surface area contributed by atoms with Crippen molar-refractivity contribution in [3.63, 3.8) is 0 Å².